The van der Waals surface area contributed by atoms with Gasteiger partial charge in [-0.15, -0.1) is 0 Å². The van der Waals surface area contributed by atoms with E-state index in [1.165, 1.54) is 0 Å². The van der Waals surface area contributed by atoms with Crippen LogP contribution in [0.15, 0.2) is 48.6 Å². The van der Waals surface area contributed by atoms with Gasteiger partial charge >= 0.3 is 26.2 Å². The van der Waals surface area contributed by atoms with Gasteiger partial charge in [0.05, 0.1) is 0 Å². The third kappa shape index (κ3) is 8.23. The van der Waals surface area contributed by atoms with Crippen LogP contribution in [0.25, 0.3) is 0 Å². The maximum Gasteiger partial charge on any atom is 2.00 e. The standard InChI is InChI=1S/2C5H6.ClH.Zr.H/c2*1-2-4-5-3-1;;;/h2*1-4H,5H2;1H;;/q;;;+2;-1/p-1. The van der Waals surface area contributed by atoms with Gasteiger partial charge in [-0.25, -0.2) is 0 Å². The predicted molar refractivity (Wildman–Crippen MR) is 46.9 cm³/mol. The summed E-state index contributed by atoms with van der Waals surface area (Å²) in [5, 5.41) is 0. The Morgan fingerprint density at radius 2 is 0.917 bits per heavy atom. The molecule has 0 radical (unpaired) electrons. The number of hydrogen-bond acceptors (Lipinski definition) is 0. The summed E-state index contributed by atoms with van der Waals surface area (Å²) in [4.78, 5) is 0. The molecule has 0 aromatic carbocycles. The van der Waals surface area contributed by atoms with Crippen LogP contribution in [0.4, 0.5) is 0 Å². The van der Waals surface area contributed by atoms with E-state index in [4.69, 9.17) is 0 Å². The first-order valence-electron chi connectivity index (χ1n) is 3.63. The Bertz CT molecular complexity index is 153. The van der Waals surface area contributed by atoms with E-state index in [0.717, 1.165) is 12.8 Å². The zero-order valence-corrected chi connectivity index (χ0v) is 10.1. The minimum Gasteiger partial charge on any atom is -1.00 e. The van der Waals surface area contributed by atoms with Gasteiger partial charge in [-0.2, -0.15) is 0 Å². The molecule has 64 valence electrons. The molecule has 2 heteroatoms. The van der Waals surface area contributed by atoms with Crippen molar-refractivity contribution < 1.29 is 40.0 Å². The van der Waals surface area contributed by atoms with Crippen molar-refractivity contribution in [2.75, 3.05) is 0 Å². The van der Waals surface area contributed by atoms with Gasteiger partial charge in [0.15, 0.2) is 0 Å². The van der Waals surface area contributed by atoms with E-state index in [1.807, 2.05) is 0 Å². The Morgan fingerprint density at radius 1 is 0.667 bits per heavy atom. The Balaban J connectivity index is -0.000000125. The van der Waals surface area contributed by atoms with Crippen LogP contribution in [0.1, 0.15) is 14.3 Å². The second kappa shape index (κ2) is 11.1. The maximum absolute atomic E-state index is 2.12. The number of allylic oxidation sites excluding steroid dienone is 8. The van der Waals surface area contributed by atoms with Crippen molar-refractivity contribution in [1.29, 1.82) is 0 Å². The topological polar surface area (TPSA) is 0 Å². The molecule has 0 spiro atoms. The minimum absolute atomic E-state index is 0. The zero-order chi connectivity index (χ0) is 7.07. The fourth-order valence-corrected chi connectivity index (χ4v) is 0.786. The molecule has 0 saturated heterocycles. The van der Waals surface area contributed by atoms with Gasteiger partial charge < -0.3 is 13.8 Å². The summed E-state index contributed by atoms with van der Waals surface area (Å²) in [6.07, 6.45) is 19.0. The van der Waals surface area contributed by atoms with Gasteiger partial charge in [0, 0.05) is 0 Å². The Morgan fingerprint density at radius 3 is 1.00 bits per heavy atom. The average Bonchev–Trinajstić information content (AvgIpc) is 2.67. The molecule has 0 aromatic heterocycles. The summed E-state index contributed by atoms with van der Waals surface area (Å²) in [6.45, 7) is 0. The Hall–Kier alpha value is 0.133. The number of hydrogen-bond donors (Lipinski definition) is 0. The van der Waals surface area contributed by atoms with Crippen molar-refractivity contribution in [2.45, 2.75) is 12.8 Å². The molecule has 0 aliphatic heterocycles. The molecule has 0 bridgehead atoms. The second-order valence-corrected chi connectivity index (χ2v) is 2.18. The first kappa shape index (κ1) is 14.6. The summed E-state index contributed by atoms with van der Waals surface area (Å²) >= 11 is 0. The SMILES string of the molecule is C1=CCC=C1.C1=CCC=C1.[Cl-].[H-].[Zr+2]. The van der Waals surface area contributed by atoms with Gasteiger partial charge in [-0.3, -0.25) is 0 Å². The molecule has 2 aliphatic carbocycles. The summed E-state index contributed by atoms with van der Waals surface area (Å²) < 4.78 is 0. The summed E-state index contributed by atoms with van der Waals surface area (Å²) in [5.41, 5.74) is 0. The van der Waals surface area contributed by atoms with Gasteiger partial charge in [-0.05, 0) is 12.8 Å². The molecular weight excluding hydrogens is 247 g/mol. The van der Waals surface area contributed by atoms with Gasteiger partial charge in [-0.1, -0.05) is 48.6 Å². The smallest absolute Gasteiger partial charge is 1.00 e. The molecule has 2 rings (SSSR count). The molecule has 0 fully saturated rings. The van der Waals surface area contributed by atoms with Gasteiger partial charge in [0.1, 0.15) is 0 Å². The van der Waals surface area contributed by atoms with Crippen molar-refractivity contribution in [1.82, 2.24) is 0 Å². The Kier molecular flexibility index (Phi) is 13.6. The molecule has 0 aromatic rings. The molecule has 0 nitrogen and oxygen atoms in total. The third-order valence-corrected chi connectivity index (χ3v) is 1.31. The molecule has 0 N–H and O–H groups in total. The van der Waals surface area contributed by atoms with Gasteiger partial charge in [0.25, 0.3) is 0 Å². The largest absolute Gasteiger partial charge is 2.00 e. The van der Waals surface area contributed by atoms with Crippen molar-refractivity contribution in [3.63, 3.8) is 0 Å². The zero-order valence-electron chi connectivity index (χ0n) is 7.91. The van der Waals surface area contributed by atoms with Gasteiger partial charge in [0.2, 0.25) is 0 Å². The van der Waals surface area contributed by atoms with Crippen LogP contribution >= 0.6 is 0 Å². The van der Waals surface area contributed by atoms with Crippen LogP contribution in [0.3, 0.4) is 0 Å². The third-order valence-electron chi connectivity index (χ3n) is 1.31. The van der Waals surface area contributed by atoms with E-state index >= 15 is 0 Å². The fourth-order valence-electron chi connectivity index (χ4n) is 0.786. The molecular formula is C10H13ClZr. The predicted octanol–water partition coefficient (Wildman–Crippen LogP) is 0.119. The molecule has 0 heterocycles. The normalized spacial score (nSPS) is 14.7. The van der Waals surface area contributed by atoms with E-state index in [1.54, 1.807) is 0 Å². The average molecular weight is 260 g/mol. The summed E-state index contributed by atoms with van der Waals surface area (Å²) in [6, 6.07) is 0. The van der Waals surface area contributed by atoms with E-state index in [0.29, 0.717) is 0 Å². The summed E-state index contributed by atoms with van der Waals surface area (Å²) in [5.74, 6) is 0. The molecule has 0 atom stereocenters. The first-order valence-corrected chi connectivity index (χ1v) is 3.63. The van der Waals surface area contributed by atoms with Crippen molar-refractivity contribution in [2.24, 2.45) is 0 Å². The quantitative estimate of drug-likeness (QED) is 0.580. The van der Waals surface area contributed by atoms with Crippen molar-refractivity contribution in [3.05, 3.63) is 48.6 Å². The fraction of sp³-hybridized carbons (Fsp3) is 0.200. The second-order valence-electron chi connectivity index (χ2n) is 2.18. The number of halogens is 1. The van der Waals surface area contributed by atoms with Crippen molar-refractivity contribution >= 4 is 0 Å². The number of rotatable bonds is 0. The maximum atomic E-state index is 2.12. The molecule has 2 aliphatic rings. The summed E-state index contributed by atoms with van der Waals surface area (Å²) in [7, 11) is 0. The van der Waals surface area contributed by atoms with Crippen LogP contribution in [-0.2, 0) is 26.2 Å². The van der Waals surface area contributed by atoms with Crippen LogP contribution in [0.2, 0.25) is 0 Å². The molecule has 0 amide bonds. The minimum atomic E-state index is 0. The monoisotopic (exact) mass is 258 g/mol. The van der Waals surface area contributed by atoms with Crippen LogP contribution < -0.4 is 12.4 Å². The van der Waals surface area contributed by atoms with E-state index in [9.17, 15) is 0 Å². The molecule has 0 saturated carbocycles. The Labute approximate surface area is 101 Å². The van der Waals surface area contributed by atoms with Crippen LogP contribution in [-0.4, -0.2) is 0 Å². The van der Waals surface area contributed by atoms with E-state index < -0.39 is 0 Å². The van der Waals surface area contributed by atoms with E-state index in [2.05, 4.69) is 48.6 Å². The van der Waals surface area contributed by atoms with Crippen molar-refractivity contribution in [3.8, 4) is 0 Å². The van der Waals surface area contributed by atoms with E-state index in [-0.39, 0.29) is 40.0 Å². The molecule has 12 heavy (non-hydrogen) atoms. The van der Waals surface area contributed by atoms with Crippen LogP contribution in [0, 0.1) is 0 Å². The van der Waals surface area contributed by atoms with Crippen LogP contribution in [0.5, 0.6) is 0 Å². The molecule has 0 unspecified atom stereocenters. The first-order chi connectivity index (χ1) is 5.00.